The Hall–Kier alpha value is -3.02. The van der Waals surface area contributed by atoms with Gasteiger partial charge >= 0.3 is 11.9 Å². The number of hydrogen-bond acceptors (Lipinski definition) is 4. The third-order valence-corrected chi connectivity index (χ3v) is 2.89. The Morgan fingerprint density at radius 3 is 2.19 bits per heavy atom. The van der Waals surface area contributed by atoms with Crippen LogP contribution in [0.15, 0.2) is 42.5 Å². The molecular formula is C15H13NO5. The molecule has 0 saturated carbocycles. The first-order valence-corrected chi connectivity index (χ1v) is 6.04. The van der Waals surface area contributed by atoms with Crippen LogP contribution in [0.1, 0.15) is 20.7 Å². The number of hydrogen-bond donors (Lipinski definition) is 3. The maximum absolute atomic E-state index is 11.3. The molecule has 0 aliphatic rings. The van der Waals surface area contributed by atoms with Gasteiger partial charge in [0.15, 0.2) is 0 Å². The Labute approximate surface area is 120 Å². The molecular weight excluding hydrogens is 274 g/mol. The lowest BCUT2D eigenvalue weighted by Gasteiger charge is -2.15. The van der Waals surface area contributed by atoms with Crippen LogP contribution >= 0.6 is 0 Å². The van der Waals surface area contributed by atoms with Crippen LogP contribution in [0.4, 0.5) is 11.4 Å². The van der Waals surface area contributed by atoms with Gasteiger partial charge in [-0.15, -0.1) is 0 Å². The van der Waals surface area contributed by atoms with Gasteiger partial charge in [0.25, 0.3) is 0 Å². The molecule has 0 fully saturated rings. The van der Waals surface area contributed by atoms with E-state index in [4.69, 9.17) is 9.84 Å². The molecule has 0 amide bonds. The molecule has 2 aromatic carbocycles. The minimum Gasteiger partial charge on any atom is -0.495 e. The van der Waals surface area contributed by atoms with Crippen molar-refractivity contribution in [2.75, 3.05) is 12.4 Å². The smallest absolute Gasteiger partial charge is 0.337 e. The quantitative estimate of drug-likeness (QED) is 0.782. The molecule has 2 aromatic rings. The highest BCUT2D eigenvalue weighted by Gasteiger charge is 2.17. The Kier molecular flexibility index (Phi) is 4.08. The molecule has 0 spiro atoms. The molecule has 0 bridgehead atoms. The fourth-order valence-corrected chi connectivity index (χ4v) is 1.92. The van der Waals surface area contributed by atoms with Crippen LogP contribution in [0, 0.1) is 0 Å². The molecule has 2 rings (SSSR count). The first-order valence-electron chi connectivity index (χ1n) is 6.04. The van der Waals surface area contributed by atoms with E-state index in [-0.39, 0.29) is 22.5 Å². The standard InChI is InChI=1S/C15H13NO5/c1-21-12-8-4-6-10(15(19)20)13(12)16-11-7-3-2-5-9(11)14(17)18/h2-8,16H,1H3,(H,17,18)(H,19,20). The van der Waals surface area contributed by atoms with Crippen molar-refractivity contribution < 1.29 is 24.5 Å². The van der Waals surface area contributed by atoms with Gasteiger partial charge in [-0.25, -0.2) is 9.59 Å². The second-order valence-electron chi connectivity index (χ2n) is 4.16. The van der Waals surface area contributed by atoms with Crippen LogP contribution in [0.3, 0.4) is 0 Å². The molecule has 0 aliphatic carbocycles. The second-order valence-corrected chi connectivity index (χ2v) is 4.16. The molecule has 0 radical (unpaired) electrons. The third-order valence-electron chi connectivity index (χ3n) is 2.89. The minimum atomic E-state index is -1.13. The number of ether oxygens (including phenoxy) is 1. The molecule has 0 unspecified atom stereocenters. The van der Waals surface area contributed by atoms with Crippen molar-refractivity contribution in [3.05, 3.63) is 53.6 Å². The van der Waals surface area contributed by atoms with Crippen molar-refractivity contribution in [3.63, 3.8) is 0 Å². The molecule has 0 heterocycles. The summed E-state index contributed by atoms with van der Waals surface area (Å²) in [7, 11) is 1.41. The number of methoxy groups -OCH3 is 1. The summed E-state index contributed by atoms with van der Waals surface area (Å²) in [5, 5.41) is 21.2. The summed E-state index contributed by atoms with van der Waals surface area (Å²) in [6.45, 7) is 0. The highest BCUT2D eigenvalue weighted by molar-refractivity contribution is 6.00. The van der Waals surface area contributed by atoms with Gasteiger partial charge in [-0.3, -0.25) is 0 Å². The maximum atomic E-state index is 11.3. The molecule has 6 nitrogen and oxygen atoms in total. The molecule has 108 valence electrons. The molecule has 0 aromatic heterocycles. The van der Waals surface area contributed by atoms with Gasteiger partial charge in [-0.05, 0) is 24.3 Å². The number of carbonyl (C=O) groups is 2. The zero-order valence-electron chi connectivity index (χ0n) is 11.2. The van der Waals surface area contributed by atoms with E-state index >= 15 is 0 Å². The lowest BCUT2D eigenvalue weighted by Crippen LogP contribution is -2.07. The highest BCUT2D eigenvalue weighted by atomic mass is 16.5. The Morgan fingerprint density at radius 1 is 0.952 bits per heavy atom. The van der Waals surface area contributed by atoms with Crippen LogP contribution in [0.2, 0.25) is 0 Å². The van der Waals surface area contributed by atoms with Gasteiger partial charge in [-0.2, -0.15) is 0 Å². The van der Waals surface area contributed by atoms with Crippen LogP contribution in [0.25, 0.3) is 0 Å². The zero-order chi connectivity index (χ0) is 15.4. The third kappa shape index (κ3) is 2.94. The van der Waals surface area contributed by atoms with Crippen LogP contribution < -0.4 is 10.1 Å². The van der Waals surface area contributed by atoms with E-state index in [1.54, 1.807) is 30.3 Å². The fraction of sp³-hybridized carbons (Fsp3) is 0.0667. The lowest BCUT2D eigenvalue weighted by atomic mass is 10.1. The van der Waals surface area contributed by atoms with E-state index in [9.17, 15) is 14.7 Å². The SMILES string of the molecule is COc1cccc(C(=O)O)c1Nc1ccccc1C(=O)O. The summed E-state index contributed by atoms with van der Waals surface area (Å²) in [6.07, 6.45) is 0. The van der Waals surface area contributed by atoms with E-state index in [1.165, 1.54) is 19.2 Å². The van der Waals surface area contributed by atoms with Gasteiger partial charge in [0.2, 0.25) is 0 Å². The van der Waals surface area contributed by atoms with Gasteiger partial charge < -0.3 is 20.3 Å². The largest absolute Gasteiger partial charge is 0.495 e. The number of carboxylic acids is 2. The molecule has 0 aliphatic heterocycles. The highest BCUT2D eigenvalue weighted by Crippen LogP contribution is 2.32. The average Bonchev–Trinajstić information content (AvgIpc) is 2.47. The average molecular weight is 287 g/mol. The van der Waals surface area contributed by atoms with E-state index in [2.05, 4.69) is 5.32 Å². The van der Waals surface area contributed by atoms with Crippen LogP contribution in [-0.2, 0) is 0 Å². The second kappa shape index (κ2) is 5.96. The number of nitrogens with one attached hydrogen (secondary N) is 1. The Bertz CT molecular complexity index is 696. The van der Waals surface area contributed by atoms with Crippen molar-refractivity contribution in [1.82, 2.24) is 0 Å². The summed E-state index contributed by atoms with van der Waals surface area (Å²) in [4.78, 5) is 22.5. The zero-order valence-corrected chi connectivity index (χ0v) is 11.2. The normalized spacial score (nSPS) is 9.95. The van der Waals surface area contributed by atoms with Crippen molar-refractivity contribution in [1.29, 1.82) is 0 Å². The number of aromatic carboxylic acids is 2. The Balaban J connectivity index is 2.54. The van der Waals surface area contributed by atoms with Crippen LogP contribution in [-0.4, -0.2) is 29.3 Å². The molecule has 0 saturated heterocycles. The van der Waals surface area contributed by atoms with Crippen LogP contribution in [0.5, 0.6) is 5.75 Å². The topological polar surface area (TPSA) is 95.9 Å². The van der Waals surface area contributed by atoms with Gasteiger partial charge in [0.1, 0.15) is 5.75 Å². The minimum absolute atomic E-state index is 0.00505. The number of rotatable bonds is 5. The maximum Gasteiger partial charge on any atom is 0.337 e. The lowest BCUT2D eigenvalue weighted by molar-refractivity contribution is 0.0688. The fourth-order valence-electron chi connectivity index (χ4n) is 1.92. The predicted octanol–water partition coefficient (Wildman–Crippen LogP) is 2.84. The first kappa shape index (κ1) is 14.4. The number of para-hydroxylation sites is 2. The van der Waals surface area contributed by atoms with E-state index < -0.39 is 11.9 Å². The summed E-state index contributed by atoms with van der Waals surface area (Å²) in [6, 6.07) is 10.8. The molecule has 0 atom stereocenters. The monoisotopic (exact) mass is 287 g/mol. The molecule has 6 heteroatoms. The summed E-state index contributed by atoms with van der Waals surface area (Å²) >= 11 is 0. The number of benzene rings is 2. The summed E-state index contributed by atoms with van der Waals surface area (Å²) < 4.78 is 5.14. The number of carboxylic acid groups (broad SMARTS) is 2. The van der Waals surface area contributed by atoms with Crippen molar-refractivity contribution in [3.8, 4) is 5.75 Å². The van der Waals surface area contributed by atoms with Gasteiger partial charge in [0, 0.05) is 0 Å². The first-order chi connectivity index (χ1) is 10.0. The predicted molar refractivity (Wildman–Crippen MR) is 76.6 cm³/mol. The molecule has 21 heavy (non-hydrogen) atoms. The van der Waals surface area contributed by atoms with Gasteiger partial charge in [0.05, 0.1) is 29.6 Å². The van der Waals surface area contributed by atoms with Crippen molar-refractivity contribution in [2.24, 2.45) is 0 Å². The summed E-state index contributed by atoms with van der Waals surface area (Å²) in [5.74, 6) is -1.93. The van der Waals surface area contributed by atoms with E-state index in [1.807, 2.05) is 0 Å². The number of anilines is 2. The summed E-state index contributed by atoms with van der Waals surface area (Å²) in [5.41, 5.74) is 0.535. The molecule has 3 N–H and O–H groups in total. The van der Waals surface area contributed by atoms with Crippen molar-refractivity contribution >= 4 is 23.3 Å². The van der Waals surface area contributed by atoms with Gasteiger partial charge in [-0.1, -0.05) is 18.2 Å². The van der Waals surface area contributed by atoms with E-state index in [0.717, 1.165) is 0 Å². The van der Waals surface area contributed by atoms with E-state index in [0.29, 0.717) is 5.75 Å². The van der Waals surface area contributed by atoms with Crippen molar-refractivity contribution in [2.45, 2.75) is 0 Å². The Morgan fingerprint density at radius 2 is 1.57 bits per heavy atom.